The van der Waals surface area contributed by atoms with Crippen LogP contribution in [0.5, 0.6) is 0 Å². The monoisotopic (exact) mass is 258 g/mol. The molecule has 0 rings (SSSR count). The maximum Gasteiger partial charge on any atom is 0.00800 e. The van der Waals surface area contributed by atoms with Crippen molar-refractivity contribution in [1.29, 1.82) is 0 Å². The van der Waals surface area contributed by atoms with E-state index in [9.17, 15) is 0 Å². The van der Waals surface area contributed by atoms with Crippen molar-refractivity contribution in [3.63, 3.8) is 0 Å². The fourth-order valence-electron chi connectivity index (χ4n) is 0. The molecule has 0 saturated carbocycles. The first-order valence-electron chi connectivity index (χ1n) is 3.10. The summed E-state index contributed by atoms with van der Waals surface area (Å²) in [6.07, 6.45) is 0. The molecule has 0 aliphatic heterocycles. The van der Waals surface area contributed by atoms with Gasteiger partial charge in [-0.25, -0.2) is 0 Å². The minimum Gasteiger partial charge on any atom is -0.0931 e. The van der Waals surface area contributed by atoms with Crippen LogP contribution in [-0.2, 0) is 0 Å². The third-order valence-corrected chi connectivity index (χ3v) is 2.08. The second kappa shape index (κ2) is 7.07. The van der Waals surface area contributed by atoms with Crippen LogP contribution in [0.3, 0.4) is 0 Å². The lowest BCUT2D eigenvalue weighted by Gasteiger charge is -2.11. The molecule has 0 saturated heterocycles. The van der Waals surface area contributed by atoms with Crippen molar-refractivity contribution >= 4 is 31.9 Å². The van der Waals surface area contributed by atoms with Crippen molar-refractivity contribution in [1.82, 2.24) is 0 Å². The highest BCUT2D eigenvalue weighted by Gasteiger charge is 2.04. The van der Waals surface area contributed by atoms with Crippen LogP contribution in [0.2, 0.25) is 0 Å². The van der Waals surface area contributed by atoms with Gasteiger partial charge in [-0.15, -0.1) is 0 Å². The maximum atomic E-state index is 3.37. The lowest BCUT2D eigenvalue weighted by Crippen LogP contribution is -2.04. The van der Waals surface area contributed by atoms with Gasteiger partial charge in [-0.05, 0) is 5.41 Å². The van der Waals surface area contributed by atoms with Gasteiger partial charge in [-0.2, -0.15) is 0 Å². The van der Waals surface area contributed by atoms with Gasteiger partial charge in [0.25, 0.3) is 0 Å². The van der Waals surface area contributed by atoms with Crippen molar-refractivity contribution in [2.45, 2.75) is 27.7 Å². The lowest BCUT2D eigenvalue weighted by molar-refractivity contribution is 0.484. The Morgan fingerprint density at radius 1 is 1.11 bits per heavy atom. The van der Waals surface area contributed by atoms with E-state index in [1.807, 2.05) is 6.92 Å². The molecule has 0 amide bonds. The van der Waals surface area contributed by atoms with E-state index in [-0.39, 0.29) is 0 Å². The van der Waals surface area contributed by atoms with Gasteiger partial charge in [-0.3, -0.25) is 0 Å². The molecule has 0 N–H and O–H groups in total. The van der Waals surface area contributed by atoms with Crippen molar-refractivity contribution < 1.29 is 0 Å². The second-order valence-electron chi connectivity index (χ2n) is 2.96. The lowest BCUT2D eigenvalue weighted by atomic mass is 10.0. The van der Waals surface area contributed by atoms with Crippen LogP contribution in [0.15, 0.2) is 0 Å². The minimum absolute atomic E-state index is 0.458. The highest BCUT2D eigenvalue weighted by Crippen LogP contribution is 2.14. The van der Waals surface area contributed by atoms with Crippen LogP contribution < -0.4 is 0 Å². The van der Waals surface area contributed by atoms with Gasteiger partial charge in [0.15, 0.2) is 0 Å². The third-order valence-electron chi connectivity index (χ3n) is 0.401. The maximum absolute atomic E-state index is 3.37. The summed E-state index contributed by atoms with van der Waals surface area (Å²) in [5.74, 6) is 0. The summed E-state index contributed by atoms with van der Waals surface area (Å²) in [4.78, 5) is 0. The Kier molecular flexibility index (Phi) is 9.92. The van der Waals surface area contributed by atoms with Gasteiger partial charge < -0.3 is 0 Å². The summed E-state index contributed by atoms with van der Waals surface area (Å²) in [6.45, 7) is 8.63. The molecule has 0 aliphatic rings. The van der Waals surface area contributed by atoms with Crippen molar-refractivity contribution in [2.24, 2.45) is 5.41 Å². The predicted molar refractivity (Wildman–Crippen MR) is 52.7 cm³/mol. The number of hydrogen-bond donors (Lipinski definition) is 0. The smallest absolute Gasteiger partial charge is 0.00800 e. The standard InChI is InChI=1S/C5H11Br.C2H5Br/c1-5(2,3)4-6;1-2-3/h4H2,1-3H3;2H2,1H3. The van der Waals surface area contributed by atoms with Crippen LogP contribution in [-0.4, -0.2) is 10.7 Å². The molecule has 0 aromatic carbocycles. The quantitative estimate of drug-likeness (QED) is 0.580. The molecule has 0 atom stereocenters. The molecule has 0 spiro atoms. The Bertz CT molecular complexity index is 45.4. The SMILES string of the molecule is CC(C)(C)CBr.CCBr. The predicted octanol–water partition coefficient (Wildman–Crippen LogP) is 3.83. The zero-order chi connectivity index (χ0) is 7.91. The molecule has 0 radical (unpaired) electrons. The molecule has 58 valence electrons. The molecule has 0 aliphatic carbocycles. The molecular formula is C7H16Br2. The number of hydrogen-bond acceptors (Lipinski definition) is 0. The molecule has 0 aromatic rings. The van der Waals surface area contributed by atoms with E-state index in [1.54, 1.807) is 0 Å². The first kappa shape index (κ1) is 12.6. The molecule has 0 aromatic heterocycles. The summed E-state index contributed by atoms with van der Waals surface area (Å²) in [5.41, 5.74) is 0.458. The van der Waals surface area contributed by atoms with Gasteiger partial charge in [-0.1, -0.05) is 59.6 Å². The average Bonchev–Trinajstić information content (AvgIpc) is 1.67. The summed E-state index contributed by atoms with van der Waals surface area (Å²) in [6, 6.07) is 0. The van der Waals surface area contributed by atoms with Crippen LogP contribution in [0.4, 0.5) is 0 Å². The summed E-state index contributed by atoms with van der Waals surface area (Å²) < 4.78 is 0. The van der Waals surface area contributed by atoms with E-state index in [0.717, 1.165) is 10.7 Å². The zero-order valence-corrected chi connectivity index (χ0v) is 9.84. The first-order chi connectivity index (χ1) is 3.97. The third kappa shape index (κ3) is 27.7. The van der Waals surface area contributed by atoms with E-state index in [2.05, 4.69) is 52.6 Å². The summed E-state index contributed by atoms with van der Waals surface area (Å²) >= 11 is 6.52. The molecule has 0 heterocycles. The molecule has 9 heavy (non-hydrogen) atoms. The fraction of sp³-hybridized carbons (Fsp3) is 1.00. The highest BCUT2D eigenvalue weighted by molar-refractivity contribution is 9.09. The summed E-state index contributed by atoms with van der Waals surface area (Å²) in [5, 5.41) is 2.15. The van der Waals surface area contributed by atoms with Crippen molar-refractivity contribution in [3.05, 3.63) is 0 Å². The molecule has 0 unspecified atom stereocenters. The Hall–Kier alpha value is 0.960. The topological polar surface area (TPSA) is 0 Å². The number of alkyl halides is 2. The minimum atomic E-state index is 0.458. The zero-order valence-electron chi connectivity index (χ0n) is 6.67. The highest BCUT2D eigenvalue weighted by atomic mass is 79.9. The van der Waals surface area contributed by atoms with E-state index in [0.29, 0.717) is 5.41 Å². The average molecular weight is 260 g/mol. The van der Waals surface area contributed by atoms with Crippen LogP contribution in [0.25, 0.3) is 0 Å². The van der Waals surface area contributed by atoms with Gasteiger partial charge in [0.2, 0.25) is 0 Å². The van der Waals surface area contributed by atoms with Crippen molar-refractivity contribution in [3.8, 4) is 0 Å². The molecule has 2 heteroatoms. The van der Waals surface area contributed by atoms with Gasteiger partial charge in [0.1, 0.15) is 0 Å². The van der Waals surface area contributed by atoms with Crippen LogP contribution >= 0.6 is 31.9 Å². The first-order valence-corrected chi connectivity index (χ1v) is 5.34. The van der Waals surface area contributed by atoms with Gasteiger partial charge in [0, 0.05) is 10.7 Å². The van der Waals surface area contributed by atoms with Crippen LogP contribution in [0.1, 0.15) is 27.7 Å². The molecule has 0 bridgehead atoms. The number of halogens is 2. The second-order valence-corrected chi connectivity index (χ2v) is 4.64. The molecule has 0 fully saturated rings. The fourth-order valence-corrected chi connectivity index (χ4v) is 0. The Balaban J connectivity index is 0. The Morgan fingerprint density at radius 2 is 1.22 bits per heavy atom. The van der Waals surface area contributed by atoms with Gasteiger partial charge in [0.05, 0.1) is 0 Å². The van der Waals surface area contributed by atoms with E-state index < -0.39 is 0 Å². The van der Waals surface area contributed by atoms with Crippen molar-refractivity contribution in [2.75, 3.05) is 10.7 Å². The Morgan fingerprint density at radius 3 is 1.22 bits per heavy atom. The molecular weight excluding hydrogens is 244 g/mol. The van der Waals surface area contributed by atoms with E-state index >= 15 is 0 Å². The molecule has 0 nitrogen and oxygen atoms in total. The number of rotatable bonds is 0. The van der Waals surface area contributed by atoms with Crippen LogP contribution in [0, 0.1) is 5.41 Å². The summed E-state index contributed by atoms with van der Waals surface area (Å²) in [7, 11) is 0. The largest absolute Gasteiger partial charge is 0.0931 e. The van der Waals surface area contributed by atoms with Gasteiger partial charge >= 0.3 is 0 Å². The van der Waals surface area contributed by atoms with E-state index in [1.165, 1.54) is 0 Å². The Labute approximate surface area is 75.7 Å². The normalized spacial score (nSPS) is 10.0. The van der Waals surface area contributed by atoms with E-state index in [4.69, 9.17) is 0 Å².